The summed E-state index contributed by atoms with van der Waals surface area (Å²) in [5.41, 5.74) is 5.62. The number of amides is 1. The minimum absolute atomic E-state index is 0.178. The Kier molecular flexibility index (Phi) is 3.47. The summed E-state index contributed by atoms with van der Waals surface area (Å²) in [5.74, 6) is -0.616. The van der Waals surface area contributed by atoms with E-state index in [1.807, 2.05) is 0 Å². The monoisotopic (exact) mass is 227 g/mol. The van der Waals surface area contributed by atoms with E-state index >= 15 is 0 Å². The highest BCUT2D eigenvalue weighted by Crippen LogP contribution is 2.24. The van der Waals surface area contributed by atoms with Crippen LogP contribution in [0.15, 0.2) is 30.3 Å². The zero-order chi connectivity index (χ0) is 11.5. The van der Waals surface area contributed by atoms with Crippen LogP contribution in [0.5, 0.6) is 0 Å². The predicted octanol–water partition coefficient (Wildman–Crippen LogP) is 0.648. The summed E-state index contributed by atoms with van der Waals surface area (Å²) in [6, 6.07) is 8.60. The first kappa shape index (κ1) is 11.7. The first-order chi connectivity index (χ1) is 6.91. The average molecular weight is 227 g/mol. The average Bonchev–Trinajstić information content (AvgIpc) is 2.14. The maximum Gasteiger partial charge on any atom is 0.219 e. The Hall–Kier alpha value is -1.36. The molecule has 0 heterocycles. The molecule has 1 rings (SSSR count). The Balaban J connectivity index is 3.08. The molecule has 15 heavy (non-hydrogen) atoms. The topological polar surface area (TPSA) is 77.2 Å². The third-order valence-electron chi connectivity index (χ3n) is 2.07. The molecule has 5 heteroatoms. The van der Waals surface area contributed by atoms with Gasteiger partial charge in [-0.25, -0.2) is 8.42 Å². The number of hydrogen-bond acceptors (Lipinski definition) is 3. The van der Waals surface area contributed by atoms with Gasteiger partial charge < -0.3 is 5.73 Å². The van der Waals surface area contributed by atoms with Crippen LogP contribution in [0.25, 0.3) is 0 Å². The van der Waals surface area contributed by atoms with Gasteiger partial charge in [-0.3, -0.25) is 4.79 Å². The van der Waals surface area contributed by atoms with Crippen molar-refractivity contribution in [2.75, 3.05) is 6.26 Å². The van der Waals surface area contributed by atoms with E-state index in [-0.39, 0.29) is 6.42 Å². The van der Waals surface area contributed by atoms with E-state index in [1.165, 1.54) is 0 Å². The van der Waals surface area contributed by atoms with Crippen LogP contribution in [0, 0.1) is 0 Å². The molecule has 0 fully saturated rings. The SMILES string of the molecule is CS(=O)(=O)C(CC(N)=O)c1ccccc1. The minimum Gasteiger partial charge on any atom is -0.370 e. The van der Waals surface area contributed by atoms with Gasteiger partial charge in [0.2, 0.25) is 5.91 Å². The fourth-order valence-electron chi connectivity index (χ4n) is 1.37. The van der Waals surface area contributed by atoms with Gasteiger partial charge in [0.25, 0.3) is 0 Å². The molecule has 0 aliphatic heterocycles. The highest BCUT2D eigenvalue weighted by Gasteiger charge is 2.24. The van der Waals surface area contributed by atoms with Gasteiger partial charge in [-0.15, -0.1) is 0 Å². The standard InChI is InChI=1S/C10H13NO3S/c1-15(13,14)9(7-10(11)12)8-5-3-2-4-6-8/h2-6,9H,7H2,1H3,(H2,11,12). The molecule has 0 aliphatic carbocycles. The highest BCUT2D eigenvalue weighted by atomic mass is 32.2. The first-order valence-corrected chi connectivity index (χ1v) is 6.39. The molecular weight excluding hydrogens is 214 g/mol. The smallest absolute Gasteiger partial charge is 0.219 e. The Labute approximate surface area is 89.0 Å². The molecule has 0 radical (unpaired) electrons. The number of carbonyl (C=O) groups is 1. The van der Waals surface area contributed by atoms with Gasteiger partial charge in [0.15, 0.2) is 9.84 Å². The summed E-state index contributed by atoms with van der Waals surface area (Å²) in [7, 11) is -3.31. The summed E-state index contributed by atoms with van der Waals surface area (Å²) >= 11 is 0. The van der Waals surface area contributed by atoms with E-state index in [0.717, 1.165) is 6.26 Å². The lowest BCUT2D eigenvalue weighted by Gasteiger charge is -2.13. The van der Waals surface area contributed by atoms with Crippen molar-refractivity contribution in [2.45, 2.75) is 11.7 Å². The number of rotatable bonds is 4. The van der Waals surface area contributed by atoms with Gasteiger partial charge in [-0.2, -0.15) is 0 Å². The van der Waals surface area contributed by atoms with Crippen molar-refractivity contribution < 1.29 is 13.2 Å². The van der Waals surface area contributed by atoms with Crippen molar-refractivity contribution in [1.82, 2.24) is 0 Å². The molecule has 1 aromatic carbocycles. The maximum atomic E-state index is 11.5. The molecule has 0 spiro atoms. The van der Waals surface area contributed by atoms with Crippen LogP contribution in [0.3, 0.4) is 0 Å². The van der Waals surface area contributed by atoms with E-state index in [1.54, 1.807) is 30.3 Å². The Morgan fingerprint density at radius 3 is 2.27 bits per heavy atom. The second kappa shape index (κ2) is 4.44. The summed E-state index contributed by atoms with van der Waals surface area (Å²) in [6.45, 7) is 0. The molecule has 0 saturated carbocycles. The lowest BCUT2D eigenvalue weighted by atomic mass is 10.1. The zero-order valence-electron chi connectivity index (χ0n) is 8.38. The van der Waals surface area contributed by atoms with Gasteiger partial charge in [-0.1, -0.05) is 30.3 Å². The van der Waals surface area contributed by atoms with E-state index < -0.39 is 21.0 Å². The molecule has 1 unspecified atom stereocenters. The number of benzene rings is 1. The molecule has 1 amide bonds. The van der Waals surface area contributed by atoms with Gasteiger partial charge >= 0.3 is 0 Å². The number of nitrogens with two attached hydrogens (primary N) is 1. The van der Waals surface area contributed by atoms with Crippen molar-refractivity contribution in [2.24, 2.45) is 5.73 Å². The number of sulfone groups is 1. The maximum absolute atomic E-state index is 11.5. The molecule has 0 bridgehead atoms. The second-order valence-electron chi connectivity index (χ2n) is 3.40. The van der Waals surface area contributed by atoms with E-state index in [0.29, 0.717) is 5.56 Å². The van der Waals surface area contributed by atoms with Gasteiger partial charge in [0.1, 0.15) is 0 Å². The predicted molar refractivity (Wildman–Crippen MR) is 57.8 cm³/mol. The molecule has 0 saturated heterocycles. The van der Waals surface area contributed by atoms with Crippen LogP contribution in [-0.4, -0.2) is 20.6 Å². The summed E-state index contributed by atoms with van der Waals surface area (Å²) in [4.78, 5) is 10.8. The summed E-state index contributed by atoms with van der Waals surface area (Å²) in [5, 5.41) is -0.837. The van der Waals surface area contributed by atoms with Crippen LogP contribution in [0.1, 0.15) is 17.2 Å². The Morgan fingerprint density at radius 2 is 1.87 bits per heavy atom. The second-order valence-corrected chi connectivity index (χ2v) is 5.63. The quantitative estimate of drug-likeness (QED) is 0.820. The van der Waals surface area contributed by atoms with Crippen LogP contribution in [-0.2, 0) is 14.6 Å². The van der Waals surface area contributed by atoms with Crippen LogP contribution in [0.2, 0.25) is 0 Å². The van der Waals surface area contributed by atoms with Crippen LogP contribution < -0.4 is 5.73 Å². The molecule has 2 N–H and O–H groups in total. The Morgan fingerprint density at radius 1 is 1.33 bits per heavy atom. The molecular formula is C10H13NO3S. The van der Waals surface area contributed by atoms with Crippen molar-refractivity contribution in [3.8, 4) is 0 Å². The third kappa shape index (κ3) is 3.36. The molecule has 0 aliphatic rings. The van der Waals surface area contributed by atoms with E-state index in [4.69, 9.17) is 5.73 Å². The number of carbonyl (C=O) groups excluding carboxylic acids is 1. The first-order valence-electron chi connectivity index (χ1n) is 4.43. The molecule has 4 nitrogen and oxygen atoms in total. The fourth-order valence-corrected chi connectivity index (χ4v) is 2.49. The van der Waals surface area contributed by atoms with Gasteiger partial charge in [0, 0.05) is 12.7 Å². The van der Waals surface area contributed by atoms with Gasteiger partial charge in [0.05, 0.1) is 5.25 Å². The number of hydrogen-bond donors (Lipinski definition) is 1. The van der Waals surface area contributed by atoms with E-state index in [9.17, 15) is 13.2 Å². The zero-order valence-corrected chi connectivity index (χ0v) is 9.20. The van der Waals surface area contributed by atoms with Crippen molar-refractivity contribution in [3.63, 3.8) is 0 Å². The molecule has 0 aromatic heterocycles. The lowest BCUT2D eigenvalue weighted by Crippen LogP contribution is -2.20. The largest absolute Gasteiger partial charge is 0.370 e. The molecule has 82 valence electrons. The normalized spacial score (nSPS) is 13.4. The van der Waals surface area contributed by atoms with E-state index in [2.05, 4.69) is 0 Å². The van der Waals surface area contributed by atoms with Crippen molar-refractivity contribution >= 4 is 15.7 Å². The van der Waals surface area contributed by atoms with Crippen LogP contribution >= 0.6 is 0 Å². The fraction of sp³-hybridized carbons (Fsp3) is 0.300. The van der Waals surface area contributed by atoms with Crippen LogP contribution in [0.4, 0.5) is 0 Å². The van der Waals surface area contributed by atoms with Gasteiger partial charge in [-0.05, 0) is 5.56 Å². The molecule has 1 aromatic rings. The minimum atomic E-state index is -3.31. The highest BCUT2D eigenvalue weighted by molar-refractivity contribution is 7.90. The molecule has 1 atom stereocenters. The lowest BCUT2D eigenvalue weighted by molar-refractivity contribution is -0.118. The summed E-state index contributed by atoms with van der Waals surface area (Å²) in [6.07, 6.45) is 0.927. The summed E-state index contributed by atoms with van der Waals surface area (Å²) < 4.78 is 22.9. The van der Waals surface area contributed by atoms with Crippen molar-refractivity contribution in [1.29, 1.82) is 0 Å². The third-order valence-corrected chi connectivity index (χ3v) is 3.55. The Bertz CT molecular complexity index is 439. The van der Waals surface area contributed by atoms with Crippen molar-refractivity contribution in [3.05, 3.63) is 35.9 Å². The number of primary amides is 1.